The highest BCUT2D eigenvalue weighted by atomic mass is 16.5. The van der Waals surface area contributed by atoms with Gasteiger partial charge in [-0.15, -0.1) is 0 Å². The maximum Gasteiger partial charge on any atom is 0.225 e. The fraction of sp³-hybridized carbons (Fsp3) is 0.750. The molecule has 1 aliphatic carbocycles. The molecule has 0 aromatic rings. The van der Waals surface area contributed by atoms with Crippen LogP contribution in [0.15, 0.2) is 11.5 Å². The molecular weight excluding hydrogens is 126 g/mol. The summed E-state index contributed by atoms with van der Waals surface area (Å²) in [7, 11) is 0. The zero-order valence-corrected chi connectivity index (χ0v) is 6.55. The number of rotatable bonds is 0. The second kappa shape index (κ2) is 1.99. The molecule has 1 heterocycles. The van der Waals surface area contributed by atoms with Crippen LogP contribution in [0.4, 0.5) is 0 Å². The van der Waals surface area contributed by atoms with Gasteiger partial charge >= 0.3 is 0 Å². The van der Waals surface area contributed by atoms with Gasteiger partial charge in [0.1, 0.15) is 5.70 Å². The third-order valence-corrected chi connectivity index (χ3v) is 2.69. The summed E-state index contributed by atoms with van der Waals surface area (Å²) in [6, 6.07) is 0. The molecule has 0 bridgehead atoms. The number of hydrogen-bond acceptors (Lipinski definition) is 1. The van der Waals surface area contributed by atoms with Gasteiger partial charge in [0.2, 0.25) is 6.73 Å². The Morgan fingerprint density at radius 3 is 3.00 bits per heavy atom. The lowest BCUT2D eigenvalue weighted by atomic mass is 9.99. The molecule has 0 aromatic carbocycles. The lowest BCUT2D eigenvalue weighted by Crippen LogP contribution is -2.80. The van der Waals surface area contributed by atoms with Crippen molar-refractivity contribution in [2.24, 2.45) is 11.8 Å². The average molecular weight is 140 g/mol. The smallest absolute Gasteiger partial charge is 0.225 e. The molecule has 2 nitrogen and oxygen atoms in total. The molecule has 0 amide bonds. The summed E-state index contributed by atoms with van der Waals surface area (Å²) in [5.41, 5.74) is 1.47. The van der Waals surface area contributed by atoms with Crippen LogP contribution in [-0.4, -0.2) is 6.73 Å². The molecule has 0 radical (unpaired) electrons. The molecule has 2 rings (SSSR count). The molecule has 2 aliphatic rings. The van der Waals surface area contributed by atoms with Crippen molar-refractivity contribution in [3.05, 3.63) is 11.5 Å². The summed E-state index contributed by atoms with van der Waals surface area (Å²) < 4.78 is 5.48. The quantitative estimate of drug-likeness (QED) is 0.518. The van der Waals surface area contributed by atoms with Gasteiger partial charge in [0, 0.05) is 12.3 Å². The Hall–Kier alpha value is -0.500. The molecule has 2 unspecified atom stereocenters. The maximum atomic E-state index is 5.48. The van der Waals surface area contributed by atoms with Gasteiger partial charge in [-0.3, -0.25) is 5.32 Å². The van der Waals surface area contributed by atoms with Crippen LogP contribution >= 0.6 is 0 Å². The molecule has 0 aromatic heterocycles. The van der Waals surface area contributed by atoms with E-state index < -0.39 is 0 Å². The predicted octanol–water partition coefficient (Wildman–Crippen LogP) is 0.425. The Kier molecular flexibility index (Phi) is 1.24. The van der Waals surface area contributed by atoms with Crippen molar-refractivity contribution in [1.82, 2.24) is 0 Å². The minimum Gasteiger partial charge on any atom is -0.443 e. The van der Waals surface area contributed by atoms with Crippen molar-refractivity contribution in [2.45, 2.75) is 20.3 Å². The second-order valence-corrected chi connectivity index (χ2v) is 3.37. The first-order chi connectivity index (χ1) is 4.79. The Balaban J connectivity index is 2.22. The van der Waals surface area contributed by atoms with Gasteiger partial charge < -0.3 is 4.74 Å². The number of allylic oxidation sites excluding steroid dienone is 2. The van der Waals surface area contributed by atoms with Crippen molar-refractivity contribution < 1.29 is 10.1 Å². The molecule has 2 N–H and O–H groups in total. The van der Waals surface area contributed by atoms with E-state index in [0.717, 1.165) is 12.6 Å². The molecule has 0 fully saturated rings. The maximum absolute atomic E-state index is 5.48. The van der Waals surface area contributed by atoms with Crippen LogP contribution in [0.3, 0.4) is 0 Å². The Morgan fingerprint density at radius 1 is 1.50 bits per heavy atom. The Labute approximate surface area is 61.3 Å². The van der Waals surface area contributed by atoms with E-state index in [1.165, 1.54) is 17.9 Å². The predicted molar refractivity (Wildman–Crippen MR) is 37.8 cm³/mol. The van der Waals surface area contributed by atoms with E-state index in [4.69, 9.17) is 4.74 Å². The van der Waals surface area contributed by atoms with Gasteiger partial charge in [0.05, 0.1) is 0 Å². The van der Waals surface area contributed by atoms with Gasteiger partial charge in [-0.05, 0) is 5.92 Å². The summed E-state index contributed by atoms with van der Waals surface area (Å²) in [5.74, 6) is 2.72. The monoisotopic (exact) mass is 140 g/mol. The van der Waals surface area contributed by atoms with E-state index >= 15 is 0 Å². The minimum atomic E-state index is 0.661. The van der Waals surface area contributed by atoms with Crippen LogP contribution in [0.25, 0.3) is 0 Å². The topological polar surface area (TPSA) is 25.8 Å². The SMILES string of the molecule is CC1CC2=C(OC[NH2+]2)C1C. The summed E-state index contributed by atoms with van der Waals surface area (Å²) >= 11 is 0. The summed E-state index contributed by atoms with van der Waals surface area (Å²) in [5, 5.41) is 2.22. The number of ether oxygens (including phenoxy) is 1. The fourth-order valence-electron chi connectivity index (χ4n) is 1.82. The molecule has 56 valence electrons. The van der Waals surface area contributed by atoms with Crippen LogP contribution in [0, 0.1) is 11.8 Å². The lowest BCUT2D eigenvalue weighted by molar-refractivity contribution is -0.624. The van der Waals surface area contributed by atoms with Crippen LogP contribution < -0.4 is 5.32 Å². The second-order valence-electron chi connectivity index (χ2n) is 3.37. The summed E-state index contributed by atoms with van der Waals surface area (Å²) in [6.45, 7) is 5.37. The standard InChI is InChI=1S/C8H13NO/c1-5-3-7-8(6(5)2)10-4-9-7/h5-6,9H,3-4H2,1-2H3/p+1. The highest BCUT2D eigenvalue weighted by Crippen LogP contribution is 2.35. The third-order valence-electron chi connectivity index (χ3n) is 2.69. The third kappa shape index (κ3) is 0.686. The van der Waals surface area contributed by atoms with Crippen LogP contribution in [-0.2, 0) is 4.74 Å². The number of quaternary nitrogens is 1. The van der Waals surface area contributed by atoms with Gasteiger partial charge in [0.25, 0.3) is 0 Å². The van der Waals surface area contributed by atoms with Crippen molar-refractivity contribution >= 4 is 0 Å². The number of nitrogens with two attached hydrogens (primary N) is 1. The van der Waals surface area contributed by atoms with Crippen molar-refractivity contribution in [3.8, 4) is 0 Å². The molecule has 2 heteroatoms. The van der Waals surface area contributed by atoms with Crippen molar-refractivity contribution in [3.63, 3.8) is 0 Å². The minimum absolute atomic E-state index is 0.661. The normalized spacial score (nSPS) is 38.2. The summed E-state index contributed by atoms with van der Waals surface area (Å²) in [4.78, 5) is 0. The Bertz CT molecular complexity index is 186. The first-order valence-corrected chi connectivity index (χ1v) is 3.98. The van der Waals surface area contributed by atoms with E-state index in [1.54, 1.807) is 0 Å². The number of hydrogen-bond donors (Lipinski definition) is 1. The van der Waals surface area contributed by atoms with E-state index in [0.29, 0.717) is 5.92 Å². The highest BCUT2D eigenvalue weighted by molar-refractivity contribution is 5.13. The molecule has 0 spiro atoms. The van der Waals surface area contributed by atoms with Gasteiger partial charge in [-0.1, -0.05) is 13.8 Å². The fourth-order valence-corrected chi connectivity index (χ4v) is 1.82. The molecular formula is C8H14NO+. The van der Waals surface area contributed by atoms with E-state index in [-0.39, 0.29) is 0 Å². The first kappa shape index (κ1) is 6.23. The van der Waals surface area contributed by atoms with Gasteiger partial charge in [0.15, 0.2) is 5.76 Å². The van der Waals surface area contributed by atoms with Gasteiger partial charge in [-0.2, -0.15) is 0 Å². The van der Waals surface area contributed by atoms with E-state index in [2.05, 4.69) is 19.2 Å². The molecule has 1 aliphatic heterocycles. The molecule has 10 heavy (non-hydrogen) atoms. The molecule has 2 atom stereocenters. The van der Waals surface area contributed by atoms with Crippen LogP contribution in [0.5, 0.6) is 0 Å². The van der Waals surface area contributed by atoms with Gasteiger partial charge in [-0.25, -0.2) is 0 Å². The molecule has 0 saturated carbocycles. The van der Waals surface area contributed by atoms with Crippen LogP contribution in [0.1, 0.15) is 20.3 Å². The highest BCUT2D eigenvalue weighted by Gasteiger charge is 2.36. The van der Waals surface area contributed by atoms with E-state index in [1.807, 2.05) is 0 Å². The zero-order chi connectivity index (χ0) is 7.14. The largest absolute Gasteiger partial charge is 0.443 e. The summed E-state index contributed by atoms with van der Waals surface area (Å²) in [6.07, 6.45) is 1.23. The van der Waals surface area contributed by atoms with E-state index in [9.17, 15) is 0 Å². The molecule has 0 saturated heterocycles. The Morgan fingerprint density at radius 2 is 2.30 bits per heavy atom. The van der Waals surface area contributed by atoms with Crippen LogP contribution in [0.2, 0.25) is 0 Å². The average Bonchev–Trinajstić information content (AvgIpc) is 2.41. The first-order valence-electron chi connectivity index (χ1n) is 3.98. The lowest BCUT2D eigenvalue weighted by Gasteiger charge is -2.10. The van der Waals surface area contributed by atoms with Crippen molar-refractivity contribution in [1.29, 1.82) is 0 Å². The zero-order valence-electron chi connectivity index (χ0n) is 6.55. The van der Waals surface area contributed by atoms with Crippen molar-refractivity contribution in [2.75, 3.05) is 6.73 Å².